The van der Waals surface area contributed by atoms with Crippen molar-refractivity contribution in [1.29, 1.82) is 0 Å². The summed E-state index contributed by atoms with van der Waals surface area (Å²) in [7, 11) is 3.21. The van der Waals surface area contributed by atoms with E-state index in [-0.39, 0.29) is 12.4 Å². The molecule has 1 N–H and O–H groups in total. The van der Waals surface area contributed by atoms with Crippen molar-refractivity contribution in [2.45, 2.75) is 19.9 Å². The van der Waals surface area contributed by atoms with E-state index in [0.29, 0.717) is 24.1 Å². The molecule has 6 heteroatoms. The normalized spacial score (nSPS) is 11.2. The first-order valence-corrected chi connectivity index (χ1v) is 10.6. The van der Waals surface area contributed by atoms with Crippen molar-refractivity contribution in [3.05, 3.63) is 71.4 Å². The third kappa shape index (κ3) is 4.01. The molecule has 32 heavy (non-hydrogen) atoms. The average molecular weight is 434 g/mol. The zero-order valence-corrected chi connectivity index (χ0v) is 18.6. The van der Waals surface area contributed by atoms with E-state index in [9.17, 15) is 9.90 Å². The standard InChI is InChI=1S/C26H27NO5/c1-17-24(26(29)32-15-14-30-2)22-16-23(28)20-6-4-5-7-21(20)25(22)27(17)13-12-18-8-10-19(31-3)11-9-18/h4-11,16,28H,12-15H2,1-3H3. The minimum Gasteiger partial charge on any atom is -0.507 e. The number of carbonyl (C=O) groups is 1. The number of methoxy groups -OCH3 is 2. The highest BCUT2D eigenvalue weighted by atomic mass is 16.6. The number of carbonyl (C=O) groups excluding carboxylic acids is 1. The summed E-state index contributed by atoms with van der Waals surface area (Å²) in [6, 6.07) is 17.3. The van der Waals surface area contributed by atoms with Crippen molar-refractivity contribution in [3.63, 3.8) is 0 Å². The number of ether oxygens (including phenoxy) is 3. The molecule has 0 atom stereocenters. The topological polar surface area (TPSA) is 69.9 Å². The molecule has 0 fully saturated rings. The van der Waals surface area contributed by atoms with Crippen LogP contribution in [0.2, 0.25) is 0 Å². The van der Waals surface area contributed by atoms with Gasteiger partial charge in [-0.05, 0) is 37.1 Å². The molecule has 1 heterocycles. The largest absolute Gasteiger partial charge is 0.507 e. The fraction of sp³-hybridized carbons (Fsp3) is 0.269. The molecule has 6 nitrogen and oxygen atoms in total. The highest BCUT2D eigenvalue weighted by Crippen LogP contribution is 2.37. The number of rotatable bonds is 8. The Kier molecular flexibility index (Phi) is 6.32. The fourth-order valence-electron chi connectivity index (χ4n) is 4.18. The van der Waals surface area contributed by atoms with Gasteiger partial charge in [-0.25, -0.2) is 4.79 Å². The number of nitrogens with zero attached hydrogens (tertiary/aromatic N) is 1. The van der Waals surface area contributed by atoms with Crippen molar-refractivity contribution in [2.75, 3.05) is 27.4 Å². The van der Waals surface area contributed by atoms with Crippen molar-refractivity contribution in [2.24, 2.45) is 0 Å². The molecule has 166 valence electrons. The first-order chi connectivity index (χ1) is 15.5. The molecule has 0 aliphatic carbocycles. The summed E-state index contributed by atoms with van der Waals surface area (Å²) in [5, 5.41) is 13.0. The molecule has 4 aromatic rings. The Bertz CT molecular complexity index is 1260. The SMILES string of the molecule is COCCOC(=O)c1c(C)n(CCc2ccc(OC)cc2)c2c1cc(O)c1ccccc12. The lowest BCUT2D eigenvalue weighted by molar-refractivity contribution is 0.0389. The van der Waals surface area contributed by atoms with Crippen LogP contribution in [0.25, 0.3) is 21.7 Å². The molecular formula is C26H27NO5. The molecule has 0 radical (unpaired) electrons. The van der Waals surface area contributed by atoms with Crippen molar-refractivity contribution in [1.82, 2.24) is 4.57 Å². The molecular weight excluding hydrogens is 406 g/mol. The van der Waals surface area contributed by atoms with E-state index in [4.69, 9.17) is 14.2 Å². The summed E-state index contributed by atoms with van der Waals surface area (Å²) >= 11 is 0. The maximum Gasteiger partial charge on any atom is 0.340 e. The summed E-state index contributed by atoms with van der Waals surface area (Å²) in [6.07, 6.45) is 0.780. The van der Waals surface area contributed by atoms with E-state index in [2.05, 4.69) is 4.57 Å². The second-order valence-electron chi connectivity index (χ2n) is 7.68. The molecule has 0 aliphatic heterocycles. The van der Waals surface area contributed by atoms with E-state index in [1.54, 1.807) is 20.3 Å². The van der Waals surface area contributed by atoms with Crippen LogP contribution in [0, 0.1) is 6.92 Å². The number of fused-ring (bicyclic) bond motifs is 3. The highest BCUT2D eigenvalue weighted by molar-refractivity contribution is 6.16. The third-order valence-corrected chi connectivity index (χ3v) is 5.81. The summed E-state index contributed by atoms with van der Waals surface area (Å²) < 4.78 is 17.8. The molecule has 0 bridgehead atoms. The van der Waals surface area contributed by atoms with Crippen LogP contribution >= 0.6 is 0 Å². The molecule has 0 spiro atoms. The maximum atomic E-state index is 13.0. The Morgan fingerprint density at radius 2 is 1.69 bits per heavy atom. The van der Waals surface area contributed by atoms with Gasteiger partial charge in [-0.1, -0.05) is 36.4 Å². The minimum absolute atomic E-state index is 0.145. The molecule has 0 unspecified atom stereocenters. The molecule has 0 saturated carbocycles. The van der Waals surface area contributed by atoms with Gasteiger partial charge >= 0.3 is 5.97 Å². The monoisotopic (exact) mass is 433 g/mol. The Hall–Kier alpha value is -3.51. The van der Waals surface area contributed by atoms with Gasteiger partial charge in [0.15, 0.2) is 0 Å². The number of hydrogen-bond acceptors (Lipinski definition) is 5. The van der Waals surface area contributed by atoms with Gasteiger partial charge in [-0.3, -0.25) is 0 Å². The van der Waals surface area contributed by atoms with Crippen molar-refractivity contribution in [3.8, 4) is 11.5 Å². The smallest absolute Gasteiger partial charge is 0.340 e. The molecule has 3 aromatic carbocycles. The van der Waals surface area contributed by atoms with Crippen LogP contribution in [-0.4, -0.2) is 43.1 Å². The number of esters is 1. The Labute approximate surface area is 186 Å². The lowest BCUT2D eigenvalue weighted by atomic mass is 10.0. The summed E-state index contributed by atoms with van der Waals surface area (Å²) in [6.45, 7) is 3.10. The summed E-state index contributed by atoms with van der Waals surface area (Å²) in [5.41, 5.74) is 3.38. The number of aryl methyl sites for hydroxylation is 2. The van der Waals surface area contributed by atoms with Crippen LogP contribution in [0.5, 0.6) is 11.5 Å². The van der Waals surface area contributed by atoms with Gasteiger partial charge in [0.1, 0.15) is 18.1 Å². The van der Waals surface area contributed by atoms with Crippen LogP contribution in [0.15, 0.2) is 54.6 Å². The Morgan fingerprint density at radius 1 is 0.969 bits per heavy atom. The molecule has 0 aliphatic rings. The maximum absolute atomic E-state index is 13.0. The Morgan fingerprint density at radius 3 is 2.38 bits per heavy atom. The van der Waals surface area contributed by atoms with Gasteiger partial charge in [0.2, 0.25) is 0 Å². The number of aromatic nitrogens is 1. The molecule has 0 saturated heterocycles. The van der Waals surface area contributed by atoms with Gasteiger partial charge in [-0.2, -0.15) is 0 Å². The lowest BCUT2D eigenvalue weighted by Gasteiger charge is -2.11. The highest BCUT2D eigenvalue weighted by Gasteiger charge is 2.24. The second-order valence-corrected chi connectivity index (χ2v) is 7.68. The van der Waals surface area contributed by atoms with Crippen LogP contribution in [0.4, 0.5) is 0 Å². The molecule has 0 amide bonds. The van der Waals surface area contributed by atoms with Crippen molar-refractivity contribution < 1.29 is 24.1 Å². The van der Waals surface area contributed by atoms with E-state index in [0.717, 1.165) is 34.2 Å². The zero-order chi connectivity index (χ0) is 22.7. The van der Waals surface area contributed by atoms with E-state index in [1.165, 1.54) is 5.56 Å². The predicted molar refractivity (Wildman–Crippen MR) is 125 cm³/mol. The summed E-state index contributed by atoms with van der Waals surface area (Å²) in [5.74, 6) is 0.549. The van der Waals surface area contributed by atoms with Crippen LogP contribution < -0.4 is 4.74 Å². The van der Waals surface area contributed by atoms with Gasteiger partial charge in [0.25, 0.3) is 0 Å². The number of benzene rings is 3. The number of phenolic OH excluding ortho intramolecular Hbond substituents is 1. The third-order valence-electron chi connectivity index (χ3n) is 5.81. The number of phenols is 1. The van der Waals surface area contributed by atoms with E-state index >= 15 is 0 Å². The summed E-state index contributed by atoms with van der Waals surface area (Å²) in [4.78, 5) is 13.0. The zero-order valence-electron chi connectivity index (χ0n) is 18.6. The fourth-order valence-corrected chi connectivity index (χ4v) is 4.18. The van der Waals surface area contributed by atoms with E-state index < -0.39 is 5.97 Å². The van der Waals surface area contributed by atoms with Gasteiger partial charge in [0.05, 0.1) is 24.8 Å². The van der Waals surface area contributed by atoms with Gasteiger partial charge in [0, 0.05) is 35.5 Å². The molecule has 4 rings (SSSR count). The predicted octanol–water partition coefficient (Wildman–Crippen LogP) is 4.86. The van der Waals surface area contributed by atoms with Gasteiger partial charge < -0.3 is 23.9 Å². The van der Waals surface area contributed by atoms with Gasteiger partial charge in [-0.15, -0.1) is 0 Å². The molecule has 1 aromatic heterocycles. The second kappa shape index (κ2) is 9.32. The first kappa shape index (κ1) is 21.7. The van der Waals surface area contributed by atoms with E-state index in [1.807, 2.05) is 55.5 Å². The quantitative estimate of drug-likeness (QED) is 0.317. The average Bonchev–Trinajstić information content (AvgIpc) is 3.09. The minimum atomic E-state index is -0.414. The number of aromatic hydroxyl groups is 1. The first-order valence-electron chi connectivity index (χ1n) is 10.6. The van der Waals surface area contributed by atoms with Crippen LogP contribution in [0.3, 0.4) is 0 Å². The Balaban J connectivity index is 1.81. The van der Waals surface area contributed by atoms with Crippen LogP contribution in [-0.2, 0) is 22.4 Å². The lowest BCUT2D eigenvalue weighted by Crippen LogP contribution is -2.12. The van der Waals surface area contributed by atoms with Crippen LogP contribution in [0.1, 0.15) is 21.6 Å². The van der Waals surface area contributed by atoms with Crippen molar-refractivity contribution >= 4 is 27.6 Å². The number of hydrogen-bond donors (Lipinski definition) is 1.